The summed E-state index contributed by atoms with van der Waals surface area (Å²) in [6.07, 6.45) is 4.30. The molecule has 1 heterocycles. The lowest BCUT2D eigenvalue weighted by Crippen LogP contribution is -2.31. The number of amides is 1. The maximum absolute atomic E-state index is 12.3. The highest BCUT2D eigenvalue weighted by molar-refractivity contribution is 5.76. The van der Waals surface area contributed by atoms with Crippen molar-refractivity contribution in [1.29, 1.82) is 0 Å². The van der Waals surface area contributed by atoms with E-state index in [1.54, 1.807) is 0 Å². The number of nitrogens with zero attached hydrogens (tertiary/aromatic N) is 4. The first-order valence-electron chi connectivity index (χ1n) is 8.40. The summed E-state index contributed by atoms with van der Waals surface area (Å²) >= 11 is 0. The van der Waals surface area contributed by atoms with Gasteiger partial charge in [0.2, 0.25) is 5.91 Å². The van der Waals surface area contributed by atoms with Gasteiger partial charge in [0, 0.05) is 0 Å². The van der Waals surface area contributed by atoms with E-state index in [9.17, 15) is 4.79 Å². The molecule has 128 valence electrons. The summed E-state index contributed by atoms with van der Waals surface area (Å²) < 4.78 is 1.42. The summed E-state index contributed by atoms with van der Waals surface area (Å²) in [5.74, 6) is -0.0964. The number of hydrogen-bond donors (Lipinski definition) is 1. The number of carbonyl (C=O) groups excluding carboxylic acids is 1. The van der Waals surface area contributed by atoms with E-state index in [1.165, 1.54) is 16.6 Å². The number of aryl methyl sites for hydroxylation is 1. The summed E-state index contributed by atoms with van der Waals surface area (Å²) in [7, 11) is 0. The maximum Gasteiger partial charge on any atom is 0.242 e. The third kappa shape index (κ3) is 5.24. The second kappa shape index (κ2) is 8.73. The lowest BCUT2D eigenvalue weighted by Gasteiger charge is -2.19. The van der Waals surface area contributed by atoms with Gasteiger partial charge < -0.3 is 5.32 Å². The van der Waals surface area contributed by atoms with E-state index in [0.29, 0.717) is 0 Å². The van der Waals surface area contributed by atoms with Gasteiger partial charge in [-0.15, -0.1) is 5.10 Å². The lowest BCUT2D eigenvalue weighted by atomic mass is 9.99. The third-order valence-electron chi connectivity index (χ3n) is 4.04. The minimum Gasteiger partial charge on any atom is -0.348 e. The molecular weight excluding hydrogens is 314 g/mol. The molecule has 0 aliphatic heterocycles. The molecule has 0 spiro atoms. The van der Waals surface area contributed by atoms with E-state index in [-0.39, 0.29) is 18.5 Å². The smallest absolute Gasteiger partial charge is 0.242 e. The zero-order chi connectivity index (χ0) is 17.3. The quantitative estimate of drug-likeness (QED) is 0.687. The Balaban J connectivity index is 1.60. The molecule has 0 saturated heterocycles. The Morgan fingerprint density at radius 1 is 1.04 bits per heavy atom. The number of hydrogen-bond acceptors (Lipinski definition) is 4. The predicted octanol–water partition coefficient (Wildman–Crippen LogP) is 2.55. The number of benzene rings is 2. The Hall–Kier alpha value is -3.02. The number of tetrazole rings is 1. The largest absolute Gasteiger partial charge is 0.348 e. The molecule has 0 aliphatic carbocycles. The fourth-order valence-electron chi connectivity index (χ4n) is 2.80. The van der Waals surface area contributed by atoms with Crippen molar-refractivity contribution in [2.24, 2.45) is 0 Å². The molecule has 1 atom stereocenters. The van der Waals surface area contributed by atoms with Gasteiger partial charge in [0.05, 0.1) is 6.04 Å². The Morgan fingerprint density at radius 2 is 1.76 bits per heavy atom. The first kappa shape index (κ1) is 16.8. The standard InChI is InChI=1S/C19H21N5O/c25-19(14-24-15-20-22-23-24)21-18(17-11-5-2-6-12-17)13-7-10-16-8-3-1-4-9-16/h1-6,8-9,11-12,15,18H,7,10,13-14H2,(H,21,25). The van der Waals surface area contributed by atoms with E-state index in [1.807, 2.05) is 36.4 Å². The molecule has 0 saturated carbocycles. The van der Waals surface area contributed by atoms with Gasteiger partial charge in [0.1, 0.15) is 12.9 Å². The molecule has 1 aromatic heterocycles. The number of carbonyl (C=O) groups is 1. The zero-order valence-corrected chi connectivity index (χ0v) is 14.0. The SMILES string of the molecule is O=C(Cn1cnnn1)NC(CCCc1ccccc1)c1ccccc1. The van der Waals surface area contributed by atoms with Crippen LogP contribution in [0, 0.1) is 0 Å². The van der Waals surface area contributed by atoms with Crippen LogP contribution in [0.2, 0.25) is 0 Å². The van der Waals surface area contributed by atoms with Gasteiger partial charge in [0.25, 0.3) is 0 Å². The first-order chi connectivity index (χ1) is 12.3. The van der Waals surface area contributed by atoms with Crippen molar-refractivity contribution < 1.29 is 4.79 Å². The van der Waals surface area contributed by atoms with E-state index in [2.05, 4.69) is 45.1 Å². The Labute approximate surface area is 146 Å². The fraction of sp³-hybridized carbons (Fsp3) is 0.263. The van der Waals surface area contributed by atoms with Crippen LogP contribution in [0.5, 0.6) is 0 Å². The number of nitrogens with one attached hydrogen (secondary N) is 1. The predicted molar refractivity (Wildman–Crippen MR) is 94.5 cm³/mol. The van der Waals surface area contributed by atoms with Crippen molar-refractivity contribution in [2.75, 3.05) is 0 Å². The summed E-state index contributed by atoms with van der Waals surface area (Å²) in [5.41, 5.74) is 2.43. The maximum atomic E-state index is 12.3. The van der Waals surface area contributed by atoms with Gasteiger partial charge in [-0.3, -0.25) is 4.79 Å². The van der Waals surface area contributed by atoms with Crippen molar-refractivity contribution in [1.82, 2.24) is 25.5 Å². The molecule has 0 aliphatic rings. The van der Waals surface area contributed by atoms with Gasteiger partial charge >= 0.3 is 0 Å². The van der Waals surface area contributed by atoms with Crippen LogP contribution in [0.15, 0.2) is 67.0 Å². The van der Waals surface area contributed by atoms with E-state index >= 15 is 0 Å². The summed E-state index contributed by atoms with van der Waals surface area (Å²) in [4.78, 5) is 12.3. The molecule has 1 unspecified atom stereocenters. The number of rotatable bonds is 8. The average Bonchev–Trinajstić information content (AvgIpc) is 3.15. The van der Waals surface area contributed by atoms with Crippen molar-refractivity contribution in [3.05, 3.63) is 78.1 Å². The monoisotopic (exact) mass is 335 g/mol. The Kier molecular flexibility index (Phi) is 5.87. The second-order valence-corrected chi connectivity index (χ2v) is 5.92. The molecule has 25 heavy (non-hydrogen) atoms. The summed E-state index contributed by atoms with van der Waals surface area (Å²) in [6.45, 7) is 0.120. The molecule has 6 heteroatoms. The van der Waals surface area contributed by atoms with Crippen molar-refractivity contribution in [2.45, 2.75) is 31.8 Å². The minimum atomic E-state index is -0.0964. The highest BCUT2D eigenvalue weighted by Gasteiger charge is 2.15. The molecule has 1 N–H and O–H groups in total. The van der Waals surface area contributed by atoms with Crippen LogP contribution >= 0.6 is 0 Å². The van der Waals surface area contributed by atoms with E-state index < -0.39 is 0 Å². The molecule has 6 nitrogen and oxygen atoms in total. The van der Waals surface area contributed by atoms with Crippen LogP contribution in [0.25, 0.3) is 0 Å². The molecule has 2 aromatic carbocycles. The molecule has 0 radical (unpaired) electrons. The minimum absolute atomic E-state index is 0.0195. The van der Waals surface area contributed by atoms with Gasteiger partial charge in [-0.2, -0.15) is 0 Å². The second-order valence-electron chi connectivity index (χ2n) is 5.92. The first-order valence-corrected chi connectivity index (χ1v) is 8.40. The van der Waals surface area contributed by atoms with E-state index in [4.69, 9.17) is 0 Å². The fourth-order valence-corrected chi connectivity index (χ4v) is 2.80. The lowest BCUT2D eigenvalue weighted by molar-refractivity contribution is -0.122. The van der Waals surface area contributed by atoms with Crippen molar-refractivity contribution in [3.63, 3.8) is 0 Å². The average molecular weight is 335 g/mol. The highest BCUT2D eigenvalue weighted by atomic mass is 16.2. The number of aromatic nitrogens is 4. The zero-order valence-electron chi connectivity index (χ0n) is 14.0. The third-order valence-corrected chi connectivity index (χ3v) is 4.04. The molecule has 0 bridgehead atoms. The highest BCUT2D eigenvalue weighted by Crippen LogP contribution is 2.19. The van der Waals surface area contributed by atoms with Crippen molar-refractivity contribution >= 4 is 5.91 Å². The van der Waals surface area contributed by atoms with Gasteiger partial charge in [-0.25, -0.2) is 4.68 Å². The summed E-state index contributed by atoms with van der Waals surface area (Å²) in [6, 6.07) is 20.4. The van der Waals surface area contributed by atoms with Crippen molar-refractivity contribution in [3.8, 4) is 0 Å². The Morgan fingerprint density at radius 3 is 2.44 bits per heavy atom. The van der Waals surface area contributed by atoms with Crippen LogP contribution in [0.3, 0.4) is 0 Å². The topological polar surface area (TPSA) is 72.7 Å². The van der Waals surface area contributed by atoms with Gasteiger partial charge in [0.15, 0.2) is 0 Å². The van der Waals surface area contributed by atoms with Gasteiger partial charge in [-0.05, 0) is 40.8 Å². The molecular formula is C19H21N5O. The molecule has 1 amide bonds. The molecule has 3 rings (SSSR count). The normalized spacial score (nSPS) is 11.8. The van der Waals surface area contributed by atoms with Crippen LogP contribution in [0.4, 0.5) is 0 Å². The van der Waals surface area contributed by atoms with Crippen LogP contribution in [-0.4, -0.2) is 26.1 Å². The van der Waals surface area contributed by atoms with E-state index in [0.717, 1.165) is 24.8 Å². The molecule has 3 aromatic rings. The van der Waals surface area contributed by atoms with Crippen LogP contribution < -0.4 is 5.32 Å². The Bertz CT molecular complexity index is 759. The van der Waals surface area contributed by atoms with Gasteiger partial charge in [-0.1, -0.05) is 60.7 Å². The summed E-state index contributed by atoms with van der Waals surface area (Å²) in [5, 5.41) is 13.9. The van der Waals surface area contributed by atoms with Crippen LogP contribution in [0.1, 0.15) is 30.0 Å². The molecule has 0 fully saturated rings. The van der Waals surface area contributed by atoms with Crippen LogP contribution in [-0.2, 0) is 17.8 Å².